The monoisotopic (exact) mass is 255 g/mol. The highest BCUT2D eigenvalue weighted by Crippen LogP contribution is 2.42. The molecule has 0 amide bonds. The van der Waals surface area contributed by atoms with E-state index < -0.39 is 0 Å². The van der Waals surface area contributed by atoms with E-state index in [-0.39, 0.29) is 0 Å². The summed E-state index contributed by atoms with van der Waals surface area (Å²) in [4.78, 5) is 4.05. The molecule has 1 nitrogen and oxygen atoms in total. The average Bonchev–Trinajstić information content (AvgIpc) is 2.74. The molecule has 0 unspecified atom stereocenters. The SMILES string of the molecule is CCN(Cc1cccs1)CC1(CS)CCC1. The number of rotatable bonds is 6. The normalized spacial score (nSPS) is 18.7. The van der Waals surface area contributed by atoms with Gasteiger partial charge in [0.2, 0.25) is 0 Å². The quantitative estimate of drug-likeness (QED) is 0.759. The number of thiol groups is 1. The van der Waals surface area contributed by atoms with Gasteiger partial charge in [0.15, 0.2) is 0 Å². The Morgan fingerprint density at radius 3 is 2.75 bits per heavy atom. The highest BCUT2D eigenvalue weighted by Gasteiger charge is 2.36. The predicted molar refractivity (Wildman–Crippen MR) is 75.4 cm³/mol. The molecule has 0 bridgehead atoms. The molecule has 1 aromatic rings. The zero-order chi connectivity index (χ0) is 11.4. The van der Waals surface area contributed by atoms with Crippen LogP contribution in [0.15, 0.2) is 17.5 Å². The third-order valence-electron chi connectivity index (χ3n) is 3.72. The van der Waals surface area contributed by atoms with Crippen molar-refractivity contribution in [3.63, 3.8) is 0 Å². The van der Waals surface area contributed by atoms with E-state index in [4.69, 9.17) is 0 Å². The minimum Gasteiger partial charge on any atom is -0.298 e. The second kappa shape index (κ2) is 5.56. The molecule has 1 aliphatic carbocycles. The summed E-state index contributed by atoms with van der Waals surface area (Å²) in [7, 11) is 0. The highest BCUT2D eigenvalue weighted by molar-refractivity contribution is 7.80. The van der Waals surface area contributed by atoms with Crippen molar-refractivity contribution in [2.45, 2.75) is 32.7 Å². The second-order valence-electron chi connectivity index (χ2n) is 4.89. The molecule has 1 aliphatic rings. The summed E-state index contributed by atoms with van der Waals surface area (Å²) < 4.78 is 0. The van der Waals surface area contributed by atoms with Gasteiger partial charge in [-0.15, -0.1) is 11.3 Å². The first-order valence-corrected chi connectivity index (χ1v) is 7.65. The first kappa shape index (κ1) is 12.5. The van der Waals surface area contributed by atoms with Gasteiger partial charge < -0.3 is 0 Å². The van der Waals surface area contributed by atoms with Crippen LogP contribution in [0.25, 0.3) is 0 Å². The molecular weight excluding hydrogens is 234 g/mol. The fraction of sp³-hybridized carbons (Fsp3) is 0.692. The molecule has 3 heteroatoms. The Morgan fingerprint density at radius 1 is 1.50 bits per heavy atom. The van der Waals surface area contributed by atoms with Crippen molar-refractivity contribution in [1.29, 1.82) is 0 Å². The Balaban J connectivity index is 1.90. The molecule has 2 rings (SSSR count). The van der Waals surface area contributed by atoms with E-state index in [1.165, 1.54) is 30.7 Å². The van der Waals surface area contributed by atoms with Crippen LogP contribution in [0.4, 0.5) is 0 Å². The van der Waals surface area contributed by atoms with Gasteiger partial charge in [-0.05, 0) is 42.0 Å². The van der Waals surface area contributed by atoms with Gasteiger partial charge in [-0.25, -0.2) is 0 Å². The van der Waals surface area contributed by atoms with Crippen LogP contribution >= 0.6 is 24.0 Å². The van der Waals surface area contributed by atoms with Crippen LogP contribution in [-0.4, -0.2) is 23.7 Å². The van der Waals surface area contributed by atoms with Gasteiger partial charge in [-0.1, -0.05) is 19.4 Å². The van der Waals surface area contributed by atoms with Crippen molar-refractivity contribution in [1.82, 2.24) is 4.90 Å². The van der Waals surface area contributed by atoms with Crippen molar-refractivity contribution < 1.29 is 0 Å². The van der Waals surface area contributed by atoms with E-state index in [0.29, 0.717) is 5.41 Å². The standard InChI is InChI=1S/C13H21NS2/c1-2-14(9-12-5-3-8-16-12)10-13(11-15)6-4-7-13/h3,5,8,15H,2,4,6-7,9-11H2,1H3. The lowest BCUT2D eigenvalue weighted by Gasteiger charge is -2.44. The third-order valence-corrected chi connectivity index (χ3v) is 5.25. The molecule has 0 saturated heterocycles. The van der Waals surface area contributed by atoms with Gasteiger partial charge in [0.1, 0.15) is 0 Å². The summed E-state index contributed by atoms with van der Waals surface area (Å²) in [6, 6.07) is 4.38. The summed E-state index contributed by atoms with van der Waals surface area (Å²) in [5.74, 6) is 1.05. The Morgan fingerprint density at radius 2 is 2.31 bits per heavy atom. The molecule has 0 N–H and O–H groups in total. The number of thiophene rings is 1. The molecule has 1 heterocycles. The van der Waals surface area contributed by atoms with E-state index in [0.717, 1.165) is 18.8 Å². The van der Waals surface area contributed by atoms with Crippen molar-refractivity contribution in [2.75, 3.05) is 18.8 Å². The molecule has 0 radical (unpaired) electrons. The van der Waals surface area contributed by atoms with Gasteiger partial charge in [-0.2, -0.15) is 12.6 Å². The van der Waals surface area contributed by atoms with E-state index in [1.807, 2.05) is 11.3 Å². The van der Waals surface area contributed by atoms with Crippen LogP contribution in [0.2, 0.25) is 0 Å². The van der Waals surface area contributed by atoms with Crippen molar-refractivity contribution in [3.8, 4) is 0 Å². The summed E-state index contributed by atoms with van der Waals surface area (Å²) in [6.07, 6.45) is 4.14. The molecule has 16 heavy (non-hydrogen) atoms. The van der Waals surface area contributed by atoms with Crippen LogP contribution in [-0.2, 0) is 6.54 Å². The molecule has 0 atom stereocenters. The third kappa shape index (κ3) is 2.82. The van der Waals surface area contributed by atoms with Crippen LogP contribution < -0.4 is 0 Å². The van der Waals surface area contributed by atoms with E-state index in [9.17, 15) is 0 Å². The molecule has 90 valence electrons. The van der Waals surface area contributed by atoms with Gasteiger partial charge in [0.25, 0.3) is 0 Å². The zero-order valence-corrected chi connectivity index (χ0v) is 11.7. The predicted octanol–water partition coefficient (Wildman–Crippen LogP) is 3.67. The molecule has 1 aromatic heterocycles. The maximum Gasteiger partial charge on any atom is 0.0328 e. The zero-order valence-electron chi connectivity index (χ0n) is 9.98. The number of hydrogen-bond acceptors (Lipinski definition) is 3. The van der Waals surface area contributed by atoms with Crippen LogP contribution in [0.3, 0.4) is 0 Å². The van der Waals surface area contributed by atoms with E-state index >= 15 is 0 Å². The van der Waals surface area contributed by atoms with Crippen LogP contribution in [0.1, 0.15) is 31.1 Å². The Labute approximate surface area is 108 Å². The van der Waals surface area contributed by atoms with Crippen molar-refractivity contribution >= 4 is 24.0 Å². The second-order valence-corrected chi connectivity index (χ2v) is 6.24. The summed E-state index contributed by atoms with van der Waals surface area (Å²) in [5, 5.41) is 2.17. The van der Waals surface area contributed by atoms with Crippen molar-refractivity contribution in [2.24, 2.45) is 5.41 Å². The lowest BCUT2D eigenvalue weighted by Crippen LogP contribution is -2.43. The minimum atomic E-state index is 0.524. The highest BCUT2D eigenvalue weighted by atomic mass is 32.1. The molecule has 1 saturated carbocycles. The van der Waals surface area contributed by atoms with Crippen LogP contribution in [0, 0.1) is 5.41 Å². The van der Waals surface area contributed by atoms with Gasteiger partial charge in [0.05, 0.1) is 0 Å². The number of hydrogen-bond donors (Lipinski definition) is 1. The lowest BCUT2D eigenvalue weighted by atomic mass is 9.70. The molecule has 0 aromatic carbocycles. The molecule has 1 fully saturated rings. The Kier molecular flexibility index (Phi) is 4.34. The summed E-state index contributed by atoms with van der Waals surface area (Å²) in [5.41, 5.74) is 0.524. The minimum absolute atomic E-state index is 0.524. The Hall–Kier alpha value is 0.01000. The molecular formula is C13H21NS2. The largest absolute Gasteiger partial charge is 0.298 e. The van der Waals surface area contributed by atoms with Gasteiger partial charge in [0, 0.05) is 18.0 Å². The lowest BCUT2D eigenvalue weighted by molar-refractivity contribution is 0.0898. The Bertz CT molecular complexity index is 298. The van der Waals surface area contributed by atoms with Gasteiger partial charge >= 0.3 is 0 Å². The first-order valence-electron chi connectivity index (χ1n) is 6.13. The van der Waals surface area contributed by atoms with Crippen LogP contribution in [0.5, 0.6) is 0 Å². The molecule has 0 spiro atoms. The van der Waals surface area contributed by atoms with E-state index in [2.05, 4.69) is 42.0 Å². The maximum atomic E-state index is 4.54. The topological polar surface area (TPSA) is 3.24 Å². The molecule has 0 aliphatic heterocycles. The number of nitrogens with zero attached hydrogens (tertiary/aromatic N) is 1. The van der Waals surface area contributed by atoms with Gasteiger partial charge in [-0.3, -0.25) is 4.90 Å². The maximum absolute atomic E-state index is 4.54. The fourth-order valence-corrected chi connectivity index (χ4v) is 3.58. The smallest absolute Gasteiger partial charge is 0.0328 e. The fourth-order valence-electron chi connectivity index (χ4n) is 2.42. The van der Waals surface area contributed by atoms with Crippen molar-refractivity contribution in [3.05, 3.63) is 22.4 Å². The summed E-state index contributed by atoms with van der Waals surface area (Å²) >= 11 is 6.40. The first-order chi connectivity index (χ1) is 7.78. The average molecular weight is 255 g/mol. The van der Waals surface area contributed by atoms with E-state index in [1.54, 1.807) is 0 Å². The summed E-state index contributed by atoms with van der Waals surface area (Å²) in [6.45, 7) is 5.75.